The van der Waals surface area contributed by atoms with Crippen molar-refractivity contribution in [1.82, 2.24) is 0 Å². The minimum Gasteiger partial charge on any atom is -0.398 e. The molecule has 1 rings (SSSR count). The lowest BCUT2D eigenvalue weighted by Crippen LogP contribution is -2.01. The number of nitrogens with two attached hydrogens (primary N) is 1. The molecule has 1 aromatic rings. The summed E-state index contributed by atoms with van der Waals surface area (Å²) in [5, 5.41) is 10.3. The number of hydrogen-bond acceptors (Lipinski definition) is 2. The van der Waals surface area contributed by atoms with E-state index < -0.39 is 6.10 Å². The highest BCUT2D eigenvalue weighted by atomic mass is 35.5. The van der Waals surface area contributed by atoms with E-state index in [1.807, 2.05) is 0 Å². The number of benzene rings is 1. The Hall–Kier alpha value is -1.17. The smallest absolute Gasteiger partial charge is 0.0819 e. The van der Waals surface area contributed by atoms with Crippen molar-refractivity contribution in [3.05, 3.63) is 28.8 Å². The Morgan fingerprint density at radius 1 is 1.57 bits per heavy atom. The van der Waals surface area contributed by atoms with Crippen LogP contribution in [0.1, 0.15) is 24.5 Å². The van der Waals surface area contributed by atoms with Crippen LogP contribution in [0.2, 0.25) is 5.02 Å². The normalized spacial score (nSPS) is 12.1. The fraction of sp³-hybridized carbons (Fsp3) is 0.273. The van der Waals surface area contributed by atoms with Gasteiger partial charge in [0, 0.05) is 22.7 Å². The van der Waals surface area contributed by atoms with E-state index >= 15 is 0 Å². The molecule has 1 atom stereocenters. The maximum atomic E-state index is 9.70. The Bertz CT molecular complexity index is 357. The molecule has 0 aliphatic heterocycles. The van der Waals surface area contributed by atoms with Crippen LogP contribution in [0, 0.1) is 12.3 Å². The van der Waals surface area contributed by atoms with Gasteiger partial charge < -0.3 is 10.8 Å². The second-order valence-electron chi connectivity index (χ2n) is 3.03. The van der Waals surface area contributed by atoms with Gasteiger partial charge in [0.1, 0.15) is 0 Å². The Labute approximate surface area is 88.7 Å². The summed E-state index contributed by atoms with van der Waals surface area (Å²) in [6, 6.07) is 5.04. The number of aliphatic hydroxyl groups is 1. The lowest BCUT2D eigenvalue weighted by Gasteiger charge is -2.12. The molecule has 0 spiro atoms. The predicted octanol–water partition coefficient (Wildman–Crippen LogP) is 2.37. The second-order valence-corrected chi connectivity index (χ2v) is 3.47. The summed E-state index contributed by atoms with van der Waals surface area (Å²) < 4.78 is 0. The third kappa shape index (κ3) is 2.66. The molecule has 2 nitrogen and oxygen atoms in total. The third-order valence-electron chi connectivity index (χ3n) is 1.97. The van der Waals surface area contributed by atoms with E-state index in [2.05, 4.69) is 5.92 Å². The molecule has 0 aliphatic rings. The lowest BCUT2D eigenvalue weighted by molar-refractivity contribution is 0.170. The van der Waals surface area contributed by atoms with Gasteiger partial charge in [-0.05, 0) is 18.6 Å². The summed E-state index contributed by atoms with van der Waals surface area (Å²) in [4.78, 5) is 0. The van der Waals surface area contributed by atoms with Gasteiger partial charge in [-0.1, -0.05) is 17.7 Å². The zero-order valence-corrected chi connectivity index (χ0v) is 8.46. The summed E-state index contributed by atoms with van der Waals surface area (Å²) in [6.45, 7) is 0. The number of terminal acetylenes is 1. The Morgan fingerprint density at radius 2 is 2.29 bits per heavy atom. The molecule has 0 heterocycles. The van der Waals surface area contributed by atoms with Crippen molar-refractivity contribution in [3.63, 3.8) is 0 Å². The van der Waals surface area contributed by atoms with Crippen molar-refractivity contribution in [3.8, 4) is 12.3 Å². The van der Waals surface area contributed by atoms with Crippen molar-refractivity contribution < 1.29 is 5.11 Å². The SMILES string of the molecule is C#CCCC(O)c1ccc(Cl)cc1N. The van der Waals surface area contributed by atoms with E-state index in [1.54, 1.807) is 18.2 Å². The molecule has 0 saturated heterocycles. The Morgan fingerprint density at radius 3 is 2.86 bits per heavy atom. The summed E-state index contributed by atoms with van der Waals surface area (Å²) in [5.41, 5.74) is 6.88. The molecule has 0 fully saturated rings. The first-order valence-corrected chi connectivity index (χ1v) is 4.69. The van der Waals surface area contributed by atoms with Crippen molar-refractivity contribution in [2.75, 3.05) is 5.73 Å². The fourth-order valence-corrected chi connectivity index (χ4v) is 1.41. The number of rotatable bonds is 3. The van der Waals surface area contributed by atoms with Gasteiger partial charge in [-0.2, -0.15) is 0 Å². The van der Waals surface area contributed by atoms with E-state index in [-0.39, 0.29) is 0 Å². The average Bonchev–Trinajstić information content (AvgIpc) is 2.14. The molecular formula is C11H12ClNO. The largest absolute Gasteiger partial charge is 0.398 e. The van der Waals surface area contributed by atoms with E-state index in [9.17, 15) is 5.11 Å². The highest BCUT2D eigenvalue weighted by molar-refractivity contribution is 6.30. The van der Waals surface area contributed by atoms with Crippen LogP contribution in [-0.4, -0.2) is 5.11 Å². The van der Waals surface area contributed by atoms with Crippen LogP contribution in [0.3, 0.4) is 0 Å². The highest BCUT2D eigenvalue weighted by Crippen LogP contribution is 2.26. The van der Waals surface area contributed by atoms with Crippen LogP contribution in [0.25, 0.3) is 0 Å². The van der Waals surface area contributed by atoms with Crippen molar-refractivity contribution in [1.29, 1.82) is 0 Å². The first-order chi connectivity index (χ1) is 6.65. The van der Waals surface area contributed by atoms with Gasteiger partial charge >= 0.3 is 0 Å². The molecule has 0 bridgehead atoms. The van der Waals surface area contributed by atoms with Gasteiger partial charge in [0.25, 0.3) is 0 Å². The van der Waals surface area contributed by atoms with Crippen LogP contribution >= 0.6 is 11.6 Å². The van der Waals surface area contributed by atoms with Crippen molar-refractivity contribution in [2.45, 2.75) is 18.9 Å². The van der Waals surface area contributed by atoms with E-state index in [0.717, 1.165) is 0 Å². The first kappa shape index (κ1) is 10.9. The molecule has 74 valence electrons. The minimum absolute atomic E-state index is 0.502. The molecule has 3 heteroatoms. The molecule has 0 radical (unpaired) electrons. The average molecular weight is 210 g/mol. The minimum atomic E-state index is -0.608. The molecule has 0 aliphatic carbocycles. The van der Waals surface area contributed by atoms with E-state index in [0.29, 0.717) is 29.1 Å². The standard InChI is InChI=1S/C11H12ClNO/c1-2-3-4-11(14)9-6-5-8(12)7-10(9)13/h1,5-7,11,14H,3-4,13H2. The second kappa shape index (κ2) is 4.90. The van der Waals surface area contributed by atoms with Gasteiger partial charge in [-0.3, -0.25) is 0 Å². The van der Waals surface area contributed by atoms with Gasteiger partial charge in [-0.25, -0.2) is 0 Å². The van der Waals surface area contributed by atoms with Crippen molar-refractivity contribution >= 4 is 17.3 Å². The maximum absolute atomic E-state index is 9.70. The zero-order chi connectivity index (χ0) is 10.6. The number of nitrogen functional groups attached to an aromatic ring is 1. The number of anilines is 1. The number of hydrogen-bond donors (Lipinski definition) is 2. The topological polar surface area (TPSA) is 46.2 Å². The molecule has 14 heavy (non-hydrogen) atoms. The molecule has 0 saturated carbocycles. The molecule has 1 unspecified atom stereocenters. The van der Waals surface area contributed by atoms with Crippen LogP contribution in [0.5, 0.6) is 0 Å². The predicted molar refractivity (Wildman–Crippen MR) is 58.9 cm³/mol. The highest BCUT2D eigenvalue weighted by Gasteiger charge is 2.10. The molecular weight excluding hydrogens is 198 g/mol. The van der Waals surface area contributed by atoms with Crippen molar-refractivity contribution in [2.24, 2.45) is 0 Å². The van der Waals surface area contributed by atoms with Crippen LogP contribution in [-0.2, 0) is 0 Å². The summed E-state index contributed by atoms with van der Waals surface area (Å²) >= 11 is 5.73. The Kier molecular flexibility index (Phi) is 3.82. The summed E-state index contributed by atoms with van der Waals surface area (Å²) in [5.74, 6) is 2.47. The lowest BCUT2D eigenvalue weighted by atomic mass is 10.0. The zero-order valence-electron chi connectivity index (χ0n) is 7.70. The molecule has 0 amide bonds. The van der Waals surface area contributed by atoms with Gasteiger partial charge in [-0.15, -0.1) is 12.3 Å². The molecule has 1 aromatic carbocycles. The van der Waals surface area contributed by atoms with Crippen LogP contribution < -0.4 is 5.73 Å². The van der Waals surface area contributed by atoms with Crippen LogP contribution in [0.15, 0.2) is 18.2 Å². The molecule has 3 N–H and O–H groups in total. The van der Waals surface area contributed by atoms with E-state index in [4.69, 9.17) is 23.8 Å². The quantitative estimate of drug-likeness (QED) is 0.593. The number of aliphatic hydroxyl groups excluding tert-OH is 1. The first-order valence-electron chi connectivity index (χ1n) is 4.31. The van der Waals surface area contributed by atoms with Gasteiger partial charge in [0.05, 0.1) is 6.10 Å². The fourth-order valence-electron chi connectivity index (χ4n) is 1.22. The van der Waals surface area contributed by atoms with E-state index in [1.165, 1.54) is 0 Å². The summed E-state index contributed by atoms with van der Waals surface area (Å²) in [6.07, 6.45) is 5.54. The molecule has 0 aromatic heterocycles. The maximum Gasteiger partial charge on any atom is 0.0819 e. The third-order valence-corrected chi connectivity index (χ3v) is 2.21. The Balaban J connectivity index is 2.80. The number of halogens is 1. The van der Waals surface area contributed by atoms with Crippen LogP contribution in [0.4, 0.5) is 5.69 Å². The van der Waals surface area contributed by atoms with Gasteiger partial charge in [0.15, 0.2) is 0 Å². The summed E-state index contributed by atoms with van der Waals surface area (Å²) in [7, 11) is 0. The monoisotopic (exact) mass is 209 g/mol. The van der Waals surface area contributed by atoms with Gasteiger partial charge in [0.2, 0.25) is 0 Å².